The van der Waals surface area contributed by atoms with E-state index in [4.69, 9.17) is 10.5 Å². The highest BCUT2D eigenvalue weighted by atomic mass is 32.1. The van der Waals surface area contributed by atoms with Crippen molar-refractivity contribution in [2.45, 2.75) is 0 Å². The van der Waals surface area contributed by atoms with Crippen molar-refractivity contribution in [3.8, 4) is 5.75 Å². The minimum atomic E-state index is -0.491. The Labute approximate surface area is 131 Å². The third-order valence-corrected chi connectivity index (χ3v) is 4.29. The van der Waals surface area contributed by atoms with Gasteiger partial charge in [0, 0.05) is 0 Å². The molecule has 0 saturated heterocycles. The van der Waals surface area contributed by atoms with E-state index in [0.29, 0.717) is 10.6 Å². The highest BCUT2D eigenvalue weighted by molar-refractivity contribution is 7.19. The van der Waals surface area contributed by atoms with E-state index in [1.807, 2.05) is 48.5 Å². The molecule has 4 nitrogen and oxygen atoms in total. The van der Waals surface area contributed by atoms with Crippen LogP contribution in [0.2, 0.25) is 0 Å². The van der Waals surface area contributed by atoms with Crippen molar-refractivity contribution in [2.24, 2.45) is 5.73 Å². The number of primary amides is 1. The van der Waals surface area contributed by atoms with Gasteiger partial charge in [-0.1, -0.05) is 24.3 Å². The second-order valence-corrected chi connectivity index (χ2v) is 5.71. The number of carbonyl (C=O) groups excluding carboxylic acids is 1. The first kappa shape index (κ1) is 14.3. The van der Waals surface area contributed by atoms with E-state index >= 15 is 0 Å². The van der Waals surface area contributed by atoms with Gasteiger partial charge in [-0.25, -0.2) is 4.98 Å². The molecule has 0 saturated carbocycles. The summed E-state index contributed by atoms with van der Waals surface area (Å²) in [6.45, 7) is 0. The molecule has 22 heavy (non-hydrogen) atoms. The summed E-state index contributed by atoms with van der Waals surface area (Å²) in [6, 6.07) is 15.2. The monoisotopic (exact) mass is 310 g/mol. The first-order valence-electron chi connectivity index (χ1n) is 6.69. The molecule has 0 bridgehead atoms. The van der Waals surface area contributed by atoms with Crippen LogP contribution in [0.15, 0.2) is 48.5 Å². The molecule has 0 aliphatic rings. The molecule has 2 N–H and O–H groups in total. The molecule has 0 aliphatic heterocycles. The van der Waals surface area contributed by atoms with Crippen molar-refractivity contribution in [1.29, 1.82) is 0 Å². The summed E-state index contributed by atoms with van der Waals surface area (Å²) in [5.41, 5.74) is 7.67. The van der Waals surface area contributed by atoms with Crippen LogP contribution < -0.4 is 10.5 Å². The highest BCUT2D eigenvalue weighted by Gasteiger charge is 2.13. The number of nitrogens with two attached hydrogens (primary N) is 1. The Kier molecular flexibility index (Phi) is 3.89. The Morgan fingerprint density at radius 2 is 1.91 bits per heavy atom. The van der Waals surface area contributed by atoms with Gasteiger partial charge in [-0.15, -0.1) is 11.3 Å². The van der Waals surface area contributed by atoms with Gasteiger partial charge < -0.3 is 10.5 Å². The lowest BCUT2D eigenvalue weighted by Gasteiger charge is -2.02. The van der Waals surface area contributed by atoms with Crippen molar-refractivity contribution in [1.82, 2.24) is 4.98 Å². The van der Waals surface area contributed by atoms with Crippen LogP contribution >= 0.6 is 11.3 Å². The third kappa shape index (κ3) is 2.84. The van der Waals surface area contributed by atoms with E-state index in [0.717, 1.165) is 21.5 Å². The maximum absolute atomic E-state index is 11.8. The van der Waals surface area contributed by atoms with E-state index in [2.05, 4.69) is 4.98 Å². The molecule has 3 rings (SSSR count). The maximum atomic E-state index is 11.8. The number of hydrogen-bond acceptors (Lipinski definition) is 4. The topological polar surface area (TPSA) is 65.2 Å². The number of rotatable bonds is 4. The van der Waals surface area contributed by atoms with Gasteiger partial charge in [-0.05, 0) is 35.9 Å². The van der Waals surface area contributed by atoms with Crippen LogP contribution in [-0.4, -0.2) is 18.0 Å². The zero-order chi connectivity index (χ0) is 15.5. The van der Waals surface area contributed by atoms with Crippen LogP contribution in [-0.2, 0) is 4.79 Å². The van der Waals surface area contributed by atoms with Crippen molar-refractivity contribution in [2.75, 3.05) is 7.11 Å². The quantitative estimate of drug-likeness (QED) is 0.752. The second-order valence-electron chi connectivity index (χ2n) is 4.68. The van der Waals surface area contributed by atoms with Crippen molar-refractivity contribution < 1.29 is 9.53 Å². The third-order valence-electron chi connectivity index (χ3n) is 3.22. The number of fused-ring (bicyclic) bond motifs is 1. The Balaban J connectivity index is 2.04. The molecule has 1 amide bonds. The molecule has 0 atom stereocenters. The van der Waals surface area contributed by atoms with Crippen LogP contribution in [0.25, 0.3) is 21.9 Å². The maximum Gasteiger partial charge on any atom is 0.251 e. The number of carbonyl (C=O) groups is 1. The molecule has 0 spiro atoms. The van der Waals surface area contributed by atoms with Crippen LogP contribution in [0.3, 0.4) is 0 Å². The summed E-state index contributed by atoms with van der Waals surface area (Å²) >= 11 is 1.46. The molecule has 5 heteroatoms. The summed E-state index contributed by atoms with van der Waals surface area (Å²) in [7, 11) is 1.61. The smallest absolute Gasteiger partial charge is 0.251 e. The molecule has 110 valence electrons. The fourth-order valence-corrected chi connectivity index (χ4v) is 3.08. The standard InChI is InChI=1S/C17H14N2O2S/c1-21-12-8-6-11(7-9-12)10-13(16(18)20)17-19-14-4-2-3-5-15(14)22-17/h2-10H,1H3,(H2,18,20)/b13-10+. The van der Waals surface area contributed by atoms with Gasteiger partial charge in [0.15, 0.2) is 0 Å². The summed E-state index contributed by atoms with van der Waals surface area (Å²) in [5, 5.41) is 0.629. The minimum Gasteiger partial charge on any atom is -0.497 e. The summed E-state index contributed by atoms with van der Waals surface area (Å²) in [6.07, 6.45) is 1.75. The Hall–Kier alpha value is -2.66. The number of aromatic nitrogens is 1. The van der Waals surface area contributed by atoms with Crippen molar-refractivity contribution in [3.63, 3.8) is 0 Å². The molecule has 1 heterocycles. The van der Waals surface area contributed by atoms with Gasteiger partial charge in [0.1, 0.15) is 10.8 Å². The van der Waals surface area contributed by atoms with Crippen molar-refractivity contribution >= 4 is 39.1 Å². The normalized spacial score (nSPS) is 11.6. The second kappa shape index (κ2) is 5.99. The van der Waals surface area contributed by atoms with Gasteiger partial charge in [0.2, 0.25) is 0 Å². The van der Waals surface area contributed by atoms with E-state index in [9.17, 15) is 4.79 Å². The largest absolute Gasteiger partial charge is 0.497 e. The van der Waals surface area contributed by atoms with E-state index in [-0.39, 0.29) is 0 Å². The minimum absolute atomic E-state index is 0.409. The molecule has 0 radical (unpaired) electrons. The van der Waals surface area contributed by atoms with Crippen LogP contribution in [0.1, 0.15) is 10.6 Å². The number of amides is 1. The zero-order valence-corrected chi connectivity index (χ0v) is 12.8. The van der Waals surface area contributed by atoms with Crippen LogP contribution in [0, 0.1) is 0 Å². The number of benzene rings is 2. The lowest BCUT2D eigenvalue weighted by Crippen LogP contribution is -2.12. The Morgan fingerprint density at radius 1 is 1.18 bits per heavy atom. The fourth-order valence-electron chi connectivity index (χ4n) is 2.09. The first-order chi connectivity index (χ1) is 10.7. The number of para-hydroxylation sites is 1. The Morgan fingerprint density at radius 3 is 2.55 bits per heavy atom. The number of thiazole rings is 1. The van der Waals surface area contributed by atoms with Crippen LogP contribution in [0.5, 0.6) is 5.75 Å². The number of hydrogen-bond donors (Lipinski definition) is 1. The fraction of sp³-hybridized carbons (Fsp3) is 0.0588. The Bertz CT molecular complexity index is 817. The van der Waals surface area contributed by atoms with E-state index < -0.39 is 5.91 Å². The lowest BCUT2D eigenvalue weighted by molar-refractivity contribution is -0.112. The van der Waals surface area contributed by atoms with Gasteiger partial charge >= 0.3 is 0 Å². The average molecular weight is 310 g/mol. The van der Waals surface area contributed by atoms with E-state index in [1.165, 1.54) is 11.3 Å². The summed E-state index contributed by atoms with van der Waals surface area (Å²) in [4.78, 5) is 16.3. The summed E-state index contributed by atoms with van der Waals surface area (Å²) in [5.74, 6) is 0.271. The van der Waals surface area contributed by atoms with Gasteiger partial charge in [0.25, 0.3) is 5.91 Å². The van der Waals surface area contributed by atoms with Crippen molar-refractivity contribution in [3.05, 3.63) is 59.1 Å². The molecule has 0 unspecified atom stereocenters. The molecule has 1 aromatic heterocycles. The number of nitrogens with zero attached hydrogens (tertiary/aromatic N) is 1. The van der Waals surface area contributed by atoms with Crippen LogP contribution in [0.4, 0.5) is 0 Å². The van der Waals surface area contributed by atoms with Gasteiger partial charge in [-0.2, -0.15) is 0 Å². The average Bonchev–Trinajstić information content (AvgIpc) is 2.96. The predicted octanol–water partition coefficient (Wildman–Crippen LogP) is 3.33. The zero-order valence-electron chi connectivity index (χ0n) is 11.9. The molecule has 0 aliphatic carbocycles. The number of methoxy groups -OCH3 is 1. The molecule has 0 fully saturated rings. The molecule has 2 aromatic carbocycles. The van der Waals surface area contributed by atoms with Gasteiger partial charge in [-0.3, -0.25) is 4.79 Å². The first-order valence-corrected chi connectivity index (χ1v) is 7.50. The van der Waals surface area contributed by atoms with E-state index in [1.54, 1.807) is 13.2 Å². The SMILES string of the molecule is COc1ccc(/C=C(\C(N)=O)c2nc3ccccc3s2)cc1. The lowest BCUT2D eigenvalue weighted by atomic mass is 10.1. The molecular formula is C17H14N2O2S. The number of ether oxygens (including phenoxy) is 1. The summed E-state index contributed by atoms with van der Waals surface area (Å²) < 4.78 is 6.15. The van der Waals surface area contributed by atoms with Gasteiger partial charge in [0.05, 0.1) is 22.9 Å². The highest BCUT2D eigenvalue weighted by Crippen LogP contribution is 2.28. The molecular weight excluding hydrogens is 296 g/mol. The molecule has 3 aromatic rings. The predicted molar refractivity (Wildman–Crippen MR) is 89.7 cm³/mol.